The maximum absolute atomic E-state index is 12.1. The molecule has 1 heterocycles. The van der Waals surface area contributed by atoms with Gasteiger partial charge in [-0.1, -0.05) is 6.57 Å². The zero-order chi connectivity index (χ0) is 14.7. The standard InChI is InChI=1S/C15H18N4O/c1-5-18(6-2)11-8-9-12-13(10-11)19(7-3)15(20)14(16-4)17-12/h8-10H,5-7H2,1-3H3. The van der Waals surface area contributed by atoms with Crippen LogP contribution in [0.25, 0.3) is 15.9 Å². The maximum Gasteiger partial charge on any atom is 0.335 e. The first kappa shape index (κ1) is 14.1. The maximum atomic E-state index is 12.1. The highest BCUT2D eigenvalue weighted by Gasteiger charge is 2.13. The van der Waals surface area contributed by atoms with Gasteiger partial charge < -0.3 is 14.3 Å². The minimum atomic E-state index is -0.313. The molecule has 0 radical (unpaired) electrons. The minimum Gasteiger partial charge on any atom is -0.372 e. The van der Waals surface area contributed by atoms with Crippen LogP contribution in [0, 0.1) is 6.57 Å². The molecule has 0 spiro atoms. The molecule has 5 nitrogen and oxygen atoms in total. The molecule has 0 aliphatic carbocycles. The Bertz CT molecular complexity index is 723. The highest BCUT2D eigenvalue weighted by atomic mass is 16.1. The molecule has 0 amide bonds. The van der Waals surface area contributed by atoms with Gasteiger partial charge in [-0.15, -0.1) is 4.98 Å². The fourth-order valence-corrected chi connectivity index (χ4v) is 2.39. The fourth-order valence-electron chi connectivity index (χ4n) is 2.39. The molecule has 0 aliphatic heterocycles. The number of aromatic nitrogens is 2. The Labute approximate surface area is 118 Å². The monoisotopic (exact) mass is 270 g/mol. The first-order chi connectivity index (χ1) is 9.65. The second kappa shape index (κ2) is 5.74. The Morgan fingerprint density at radius 2 is 2.00 bits per heavy atom. The Morgan fingerprint density at radius 1 is 1.30 bits per heavy atom. The molecule has 2 rings (SSSR count). The van der Waals surface area contributed by atoms with Gasteiger partial charge in [0.25, 0.3) is 5.56 Å². The minimum absolute atomic E-state index is 0.0602. The fraction of sp³-hybridized carbons (Fsp3) is 0.400. The normalized spacial score (nSPS) is 10.5. The van der Waals surface area contributed by atoms with Gasteiger partial charge in [0, 0.05) is 25.3 Å². The molecule has 0 aliphatic rings. The summed E-state index contributed by atoms with van der Waals surface area (Å²) in [5, 5.41) is 0. The van der Waals surface area contributed by atoms with E-state index in [1.165, 1.54) is 0 Å². The van der Waals surface area contributed by atoms with Crippen molar-refractivity contribution >= 4 is 22.5 Å². The van der Waals surface area contributed by atoms with Gasteiger partial charge in [0.05, 0.1) is 5.52 Å². The number of benzene rings is 1. The largest absolute Gasteiger partial charge is 0.372 e. The zero-order valence-corrected chi connectivity index (χ0v) is 12.1. The van der Waals surface area contributed by atoms with Gasteiger partial charge in [-0.3, -0.25) is 4.79 Å². The van der Waals surface area contributed by atoms with E-state index in [1.54, 1.807) is 4.57 Å². The summed E-state index contributed by atoms with van der Waals surface area (Å²) in [6, 6.07) is 5.85. The van der Waals surface area contributed by atoms with Crippen molar-refractivity contribution < 1.29 is 0 Å². The smallest absolute Gasteiger partial charge is 0.335 e. The second-order valence-corrected chi connectivity index (χ2v) is 4.44. The van der Waals surface area contributed by atoms with Gasteiger partial charge in [0.2, 0.25) is 0 Å². The van der Waals surface area contributed by atoms with Gasteiger partial charge in [-0.05, 0) is 39.0 Å². The molecule has 0 unspecified atom stereocenters. The SMILES string of the molecule is [C-]#[N+]c1nc2ccc(N(CC)CC)cc2n(CC)c1=O. The molecule has 0 atom stereocenters. The van der Waals surface area contributed by atoms with Crippen LogP contribution in [0.2, 0.25) is 0 Å². The lowest BCUT2D eigenvalue weighted by molar-refractivity contribution is 0.757. The van der Waals surface area contributed by atoms with Crippen molar-refractivity contribution in [2.24, 2.45) is 0 Å². The number of aryl methyl sites for hydroxylation is 1. The second-order valence-electron chi connectivity index (χ2n) is 4.44. The molecule has 0 bridgehead atoms. The van der Waals surface area contributed by atoms with Gasteiger partial charge in [0.1, 0.15) is 0 Å². The van der Waals surface area contributed by atoms with E-state index in [0.29, 0.717) is 12.1 Å². The molecular formula is C15H18N4O. The van der Waals surface area contributed by atoms with Crippen LogP contribution in [0.5, 0.6) is 0 Å². The molecule has 1 aromatic heterocycles. The average molecular weight is 270 g/mol. The quantitative estimate of drug-likeness (QED) is 0.802. The summed E-state index contributed by atoms with van der Waals surface area (Å²) >= 11 is 0. The highest BCUT2D eigenvalue weighted by Crippen LogP contribution is 2.21. The molecule has 0 saturated heterocycles. The molecule has 20 heavy (non-hydrogen) atoms. The molecule has 0 N–H and O–H groups in total. The first-order valence-corrected chi connectivity index (χ1v) is 6.83. The third kappa shape index (κ3) is 2.25. The van der Waals surface area contributed by atoms with Crippen molar-refractivity contribution in [3.8, 4) is 0 Å². The topological polar surface area (TPSA) is 42.5 Å². The number of hydrogen-bond donors (Lipinski definition) is 0. The zero-order valence-electron chi connectivity index (χ0n) is 12.1. The first-order valence-electron chi connectivity index (χ1n) is 6.83. The van der Waals surface area contributed by atoms with Crippen LogP contribution in [0.3, 0.4) is 0 Å². The van der Waals surface area contributed by atoms with Crippen molar-refractivity contribution in [3.05, 3.63) is 40.0 Å². The van der Waals surface area contributed by atoms with Crippen molar-refractivity contribution in [2.45, 2.75) is 27.3 Å². The summed E-state index contributed by atoms with van der Waals surface area (Å²) in [5.74, 6) is -0.0602. The lowest BCUT2D eigenvalue weighted by atomic mass is 10.2. The van der Waals surface area contributed by atoms with E-state index in [1.807, 2.05) is 25.1 Å². The molecule has 0 fully saturated rings. The summed E-state index contributed by atoms with van der Waals surface area (Å²) in [6.45, 7) is 15.5. The summed E-state index contributed by atoms with van der Waals surface area (Å²) in [7, 11) is 0. The number of fused-ring (bicyclic) bond motifs is 1. The third-order valence-corrected chi connectivity index (χ3v) is 3.46. The van der Waals surface area contributed by atoms with E-state index in [4.69, 9.17) is 6.57 Å². The van der Waals surface area contributed by atoms with Crippen LogP contribution < -0.4 is 10.5 Å². The van der Waals surface area contributed by atoms with Crippen LogP contribution in [0.1, 0.15) is 20.8 Å². The number of anilines is 1. The molecule has 104 valence electrons. The Hall–Kier alpha value is -2.35. The average Bonchev–Trinajstić information content (AvgIpc) is 2.48. The van der Waals surface area contributed by atoms with Crippen molar-refractivity contribution in [1.29, 1.82) is 0 Å². The van der Waals surface area contributed by atoms with E-state index in [0.717, 1.165) is 24.3 Å². The van der Waals surface area contributed by atoms with Crippen LogP contribution in [-0.2, 0) is 6.54 Å². The van der Waals surface area contributed by atoms with E-state index < -0.39 is 0 Å². The van der Waals surface area contributed by atoms with Gasteiger partial charge in [-0.2, -0.15) is 0 Å². The summed E-state index contributed by atoms with van der Waals surface area (Å²) in [6.07, 6.45) is 0. The number of nitrogens with zero attached hydrogens (tertiary/aromatic N) is 4. The van der Waals surface area contributed by atoms with E-state index in [-0.39, 0.29) is 11.4 Å². The number of rotatable bonds is 4. The Kier molecular flexibility index (Phi) is 4.04. The summed E-state index contributed by atoms with van der Waals surface area (Å²) in [4.78, 5) is 21.7. The van der Waals surface area contributed by atoms with Gasteiger partial charge >= 0.3 is 5.82 Å². The van der Waals surface area contributed by atoms with Crippen LogP contribution >= 0.6 is 0 Å². The Balaban J connectivity index is 2.75. The molecule has 0 saturated carbocycles. The predicted octanol–water partition coefficient (Wildman–Crippen LogP) is 2.81. The molecular weight excluding hydrogens is 252 g/mol. The highest BCUT2D eigenvalue weighted by molar-refractivity contribution is 5.80. The predicted molar refractivity (Wildman–Crippen MR) is 81.5 cm³/mol. The lowest BCUT2D eigenvalue weighted by Crippen LogP contribution is -2.23. The van der Waals surface area contributed by atoms with Crippen LogP contribution in [0.15, 0.2) is 23.0 Å². The third-order valence-electron chi connectivity index (χ3n) is 3.46. The van der Waals surface area contributed by atoms with E-state index >= 15 is 0 Å². The van der Waals surface area contributed by atoms with Crippen LogP contribution in [-0.4, -0.2) is 22.6 Å². The Morgan fingerprint density at radius 3 is 2.55 bits per heavy atom. The summed E-state index contributed by atoms with van der Waals surface area (Å²) < 4.78 is 1.61. The lowest BCUT2D eigenvalue weighted by Gasteiger charge is -2.21. The van der Waals surface area contributed by atoms with Crippen molar-refractivity contribution in [1.82, 2.24) is 9.55 Å². The van der Waals surface area contributed by atoms with Crippen LogP contribution in [0.4, 0.5) is 11.5 Å². The van der Waals surface area contributed by atoms with Gasteiger partial charge in [0.15, 0.2) is 5.52 Å². The number of hydrogen-bond acceptors (Lipinski definition) is 3. The van der Waals surface area contributed by atoms with E-state index in [2.05, 4.69) is 28.6 Å². The molecule has 1 aromatic carbocycles. The van der Waals surface area contributed by atoms with E-state index in [9.17, 15) is 4.79 Å². The van der Waals surface area contributed by atoms with Crippen molar-refractivity contribution in [3.63, 3.8) is 0 Å². The molecule has 2 aromatic rings. The summed E-state index contributed by atoms with van der Waals surface area (Å²) in [5.41, 5.74) is 2.23. The molecule has 5 heteroatoms. The van der Waals surface area contributed by atoms with Crippen molar-refractivity contribution in [2.75, 3.05) is 18.0 Å². The van der Waals surface area contributed by atoms with Gasteiger partial charge in [-0.25, -0.2) is 0 Å².